The first-order valence-electron chi connectivity index (χ1n) is 9.22. The van der Waals surface area contributed by atoms with Crippen LogP contribution >= 0.6 is 23.7 Å². The lowest BCUT2D eigenvalue weighted by molar-refractivity contribution is 0.411. The minimum absolute atomic E-state index is 0. The third kappa shape index (κ3) is 5.22. The van der Waals surface area contributed by atoms with E-state index in [2.05, 4.69) is 48.0 Å². The number of methoxy groups -OCH3 is 1. The molecule has 0 spiro atoms. The van der Waals surface area contributed by atoms with Gasteiger partial charge in [-0.2, -0.15) is 0 Å². The van der Waals surface area contributed by atoms with Crippen molar-refractivity contribution < 1.29 is 4.74 Å². The molecule has 1 N–H and O–H groups in total. The molecule has 3 rings (SSSR count). The van der Waals surface area contributed by atoms with E-state index in [-0.39, 0.29) is 12.4 Å². The van der Waals surface area contributed by atoms with Gasteiger partial charge in [0, 0.05) is 17.3 Å². The van der Waals surface area contributed by atoms with Gasteiger partial charge in [-0.1, -0.05) is 19.1 Å². The Morgan fingerprint density at radius 2 is 2.20 bits per heavy atom. The number of rotatable bonds is 8. The van der Waals surface area contributed by atoms with Crippen LogP contribution in [0.1, 0.15) is 60.4 Å². The van der Waals surface area contributed by atoms with Crippen molar-refractivity contribution in [3.05, 3.63) is 51.7 Å². The highest BCUT2D eigenvalue weighted by molar-refractivity contribution is 7.10. The molecule has 138 valence electrons. The maximum atomic E-state index is 5.41. The van der Waals surface area contributed by atoms with Gasteiger partial charge in [0.2, 0.25) is 0 Å². The fraction of sp³-hybridized carbons (Fsp3) is 0.524. The van der Waals surface area contributed by atoms with Crippen LogP contribution in [0.3, 0.4) is 0 Å². The number of ether oxygens (including phenoxy) is 1. The number of fused-ring (bicyclic) bond motifs is 1. The van der Waals surface area contributed by atoms with Gasteiger partial charge in [0.15, 0.2) is 0 Å². The average Bonchev–Trinajstić information content (AvgIpc) is 3.15. The predicted molar refractivity (Wildman–Crippen MR) is 111 cm³/mol. The van der Waals surface area contributed by atoms with Gasteiger partial charge in [-0.15, -0.1) is 23.7 Å². The Labute approximate surface area is 162 Å². The van der Waals surface area contributed by atoms with Crippen molar-refractivity contribution in [3.8, 4) is 5.75 Å². The minimum atomic E-state index is 0. The Morgan fingerprint density at radius 1 is 1.32 bits per heavy atom. The molecule has 0 radical (unpaired) electrons. The van der Waals surface area contributed by atoms with Gasteiger partial charge in [-0.05, 0) is 79.3 Å². The van der Waals surface area contributed by atoms with Crippen LogP contribution in [-0.2, 0) is 6.42 Å². The third-order valence-corrected chi connectivity index (χ3v) is 6.16. The zero-order valence-electron chi connectivity index (χ0n) is 15.3. The van der Waals surface area contributed by atoms with Crippen LogP contribution in [0.2, 0.25) is 0 Å². The average molecular weight is 380 g/mol. The van der Waals surface area contributed by atoms with Crippen LogP contribution in [-0.4, -0.2) is 20.2 Å². The van der Waals surface area contributed by atoms with Gasteiger partial charge in [0.25, 0.3) is 0 Å². The normalized spacial score (nSPS) is 17.4. The number of halogens is 1. The molecule has 1 aromatic carbocycles. The van der Waals surface area contributed by atoms with Gasteiger partial charge in [0.1, 0.15) is 5.75 Å². The monoisotopic (exact) mass is 379 g/mol. The maximum Gasteiger partial charge on any atom is 0.119 e. The van der Waals surface area contributed by atoms with E-state index in [1.54, 1.807) is 12.7 Å². The van der Waals surface area contributed by atoms with Crippen LogP contribution in [0.25, 0.3) is 0 Å². The van der Waals surface area contributed by atoms with E-state index < -0.39 is 0 Å². The second kappa shape index (κ2) is 10.2. The molecule has 2 nitrogen and oxygen atoms in total. The predicted octanol–water partition coefficient (Wildman–Crippen LogP) is 5.77. The van der Waals surface area contributed by atoms with Gasteiger partial charge in [-0.25, -0.2) is 0 Å². The lowest BCUT2D eigenvalue weighted by atomic mass is 9.78. The van der Waals surface area contributed by atoms with E-state index in [9.17, 15) is 0 Å². The first-order valence-corrected chi connectivity index (χ1v) is 10.1. The zero-order chi connectivity index (χ0) is 16.8. The van der Waals surface area contributed by atoms with E-state index >= 15 is 0 Å². The van der Waals surface area contributed by atoms with Gasteiger partial charge in [0.05, 0.1) is 7.11 Å². The quantitative estimate of drug-likeness (QED) is 0.587. The first-order chi connectivity index (χ1) is 11.8. The van der Waals surface area contributed by atoms with Crippen LogP contribution in [0.15, 0.2) is 35.7 Å². The molecule has 1 aliphatic rings. The molecule has 0 fully saturated rings. The summed E-state index contributed by atoms with van der Waals surface area (Å²) in [4.78, 5) is 1.53. The second-order valence-corrected chi connectivity index (χ2v) is 7.79. The molecule has 0 saturated carbocycles. The summed E-state index contributed by atoms with van der Waals surface area (Å²) in [7, 11) is 1.76. The Bertz CT molecular complexity index is 629. The Kier molecular flexibility index (Phi) is 8.28. The lowest BCUT2D eigenvalue weighted by Crippen LogP contribution is -2.24. The summed E-state index contributed by atoms with van der Waals surface area (Å²) < 4.78 is 5.41. The summed E-state index contributed by atoms with van der Waals surface area (Å²) in [5.41, 5.74) is 3.05. The molecule has 0 saturated heterocycles. The summed E-state index contributed by atoms with van der Waals surface area (Å²) in [5.74, 6) is 2.29. The molecule has 1 heterocycles. The number of hydrogen-bond donors (Lipinski definition) is 1. The number of thiophene rings is 1. The van der Waals surface area contributed by atoms with Gasteiger partial charge in [-0.3, -0.25) is 0 Å². The first kappa shape index (κ1) is 20.3. The van der Waals surface area contributed by atoms with Crippen LogP contribution < -0.4 is 10.1 Å². The molecule has 2 unspecified atom stereocenters. The van der Waals surface area contributed by atoms with E-state index in [4.69, 9.17) is 4.74 Å². The minimum Gasteiger partial charge on any atom is -0.497 e. The Morgan fingerprint density at radius 3 is 2.92 bits per heavy atom. The number of hydrogen-bond acceptors (Lipinski definition) is 3. The molecule has 0 amide bonds. The van der Waals surface area contributed by atoms with E-state index in [0.29, 0.717) is 11.8 Å². The molecule has 2 atom stereocenters. The molecular weight excluding hydrogens is 350 g/mol. The topological polar surface area (TPSA) is 21.3 Å². The molecule has 4 heteroatoms. The van der Waals surface area contributed by atoms with Crippen molar-refractivity contribution in [1.29, 1.82) is 0 Å². The van der Waals surface area contributed by atoms with Crippen molar-refractivity contribution in [3.63, 3.8) is 0 Å². The largest absolute Gasteiger partial charge is 0.497 e. The lowest BCUT2D eigenvalue weighted by Gasteiger charge is -2.29. The molecule has 0 aliphatic heterocycles. The third-order valence-electron chi connectivity index (χ3n) is 5.12. The Balaban J connectivity index is 0.00000225. The molecule has 1 aromatic heterocycles. The Hall–Kier alpha value is -1.03. The highest BCUT2D eigenvalue weighted by atomic mass is 35.5. The second-order valence-electron chi connectivity index (χ2n) is 6.81. The number of nitrogens with one attached hydrogen (secondary N) is 1. The van der Waals surface area contributed by atoms with Crippen LogP contribution in [0.4, 0.5) is 0 Å². The molecular formula is C21H30ClNOS. The van der Waals surface area contributed by atoms with Crippen molar-refractivity contribution in [2.24, 2.45) is 0 Å². The van der Waals surface area contributed by atoms with E-state index in [1.807, 2.05) is 11.3 Å². The zero-order valence-corrected chi connectivity index (χ0v) is 16.9. The van der Waals surface area contributed by atoms with E-state index in [0.717, 1.165) is 18.8 Å². The maximum absolute atomic E-state index is 5.41. The highest BCUT2D eigenvalue weighted by Crippen LogP contribution is 2.40. The molecule has 1 aliphatic carbocycles. The van der Waals surface area contributed by atoms with Crippen molar-refractivity contribution in [2.45, 2.75) is 50.9 Å². The fourth-order valence-electron chi connectivity index (χ4n) is 3.88. The van der Waals surface area contributed by atoms with Crippen molar-refractivity contribution in [2.75, 3.05) is 20.2 Å². The van der Waals surface area contributed by atoms with Crippen molar-refractivity contribution in [1.82, 2.24) is 5.32 Å². The summed E-state index contributed by atoms with van der Waals surface area (Å²) in [5, 5.41) is 5.85. The van der Waals surface area contributed by atoms with Crippen LogP contribution in [0.5, 0.6) is 5.75 Å². The summed E-state index contributed by atoms with van der Waals surface area (Å²) >= 11 is 1.91. The van der Waals surface area contributed by atoms with Crippen LogP contribution in [0, 0.1) is 0 Å². The smallest absolute Gasteiger partial charge is 0.119 e. The highest BCUT2D eigenvalue weighted by Gasteiger charge is 2.25. The molecule has 0 bridgehead atoms. The summed E-state index contributed by atoms with van der Waals surface area (Å²) in [6.45, 7) is 4.44. The van der Waals surface area contributed by atoms with Gasteiger partial charge < -0.3 is 10.1 Å². The summed E-state index contributed by atoms with van der Waals surface area (Å²) in [6, 6.07) is 11.2. The van der Waals surface area contributed by atoms with Gasteiger partial charge >= 0.3 is 0 Å². The number of benzene rings is 1. The SMILES string of the molecule is CCCNCC(CC1CCCc2cc(OC)ccc21)c1cccs1.Cl. The van der Waals surface area contributed by atoms with Crippen molar-refractivity contribution >= 4 is 23.7 Å². The molecule has 2 aromatic rings. The molecule has 25 heavy (non-hydrogen) atoms. The van der Waals surface area contributed by atoms with E-state index in [1.165, 1.54) is 42.5 Å². The number of aryl methyl sites for hydroxylation is 1. The summed E-state index contributed by atoms with van der Waals surface area (Å²) in [6.07, 6.45) is 6.25. The standard InChI is InChI=1S/C21H29NOS.ClH/c1-3-11-22-15-18(21-8-5-12-24-21)13-16-6-4-7-17-14-19(23-2)9-10-20(16)17;/h5,8-10,12,14,16,18,22H,3-4,6-7,11,13,15H2,1-2H3;1H. The fourth-order valence-corrected chi connectivity index (χ4v) is 4.73.